The first-order valence-corrected chi connectivity index (χ1v) is 11.1. The molecule has 0 aliphatic heterocycles. The van der Waals surface area contributed by atoms with Gasteiger partial charge in [-0.1, -0.05) is 48.5 Å². The minimum Gasteiger partial charge on any atom is -0.480 e. The summed E-state index contributed by atoms with van der Waals surface area (Å²) in [6, 6.07) is 16.2. The van der Waals surface area contributed by atoms with Gasteiger partial charge in [0.25, 0.3) is 0 Å². The molecule has 2 aromatic rings. The molecule has 0 radical (unpaired) electrons. The fourth-order valence-electron chi connectivity index (χ4n) is 4.35. The number of carboxylic acids is 1. The molecule has 8 heteroatoms. The van der Waals surface area contributed by atoms with Crippen LogP contribution >= 0.6 is 0 Å². The van der Waals surface area contributed by atoms with Crippen LogP contribution in [0.1, 0.15) is 36.3 Å². The third kappa shape index (κ3) is 5.34. The number of rotatable bonds is 10. The molecule has 174 valence electrons. The second-order valence-corrected chi connectivity index (χ2v) is 8.41. The van der Waals surface area contributed by atoms with Gasteiger partial charge in [0.2, 0.25) is 5.91 Å². The molecule has 0 aromatic heterocycles. The highest BCUT2D eigenvalue weighted by molar-refractivity contribution is 5.82. The number of fused-ring (bicyclic) bond motifs is 3. The second kappa shape index (κ2) is 10.0. The van der Waals surface area contributed by atoms with Crippen molar-refractivity contribution in [3.8, 4) is 11.1 Å². The van der Waals surface area contributed by atoms with E-state index in [0.717, 1.165) is 35.1 Å². The van der Waals surface area contributed by atoms with Crippen molar-refractivity contribution in [3.05, 3.63) is 59.7 Å². The number of nitrogens with zero attached hydrogens (tertiary/aromatic N) is 1. The molecular weight excluding hydrogens is 424 g/mol. The van der Waals surface area contributed by atoms with Crippen molar-refractivity contribution in [3.63, 3.8) is 0 Å². The molecule has 0 bridgehead atoms. The molecule has 2 aliphatic carbocycles. The van der Waals surface area contributed by atoms with Gasteiger partial charge in [-0.3, -0.25) is 9.59 Å². The lowest BCUT2D eigenvalue weighted by Gasteiger charge is -2.23. The largest absolute Gasteiger partial charge is 0.480 e. The third-order valence-electron chi connectivity index (χ3n) is 6.17. The fourth-order valence-corrected chi connectivity index (χ4v) is 4.35. The normalized spacial score (nSPS) is 15.3. The molecule has 0 spiro atoms. The van der Waals surface area contributed by atoms with E-state index in [1.165, 1.54) is 12.0 Å². The fraction of sp³-hybridized carbons (Fsp3) is 0.400. The lowest BCUT2D eigenvalue weighted by atomic mass is 9.98. The molecule has 0 saturated heterocycles. The molecule has 1 saturated carbocycles. The van der Waals surface area contributed by atoms with Crippen molar-refractivity contribution in [2.45, 2.75) is 37.3 Å². The van der Waals surface area contributed by atoms with E-state index in [9.17, 15) is 14.4 Å². The summed E-state index contributed by atoms with van der Waals surface area (Å²) in [6.07, 6.45) is 0.455. The Morgan fingerprint density at radius 2 is 1.67 bits per heavy atom. The Balaban J connectivity index is 1.29. The van der Waals surface area contributed by atoms with Crippen LogP contribution in [-0.4, -0.2) is 66.9 Å². The Labute approximate surface area is 192 Å². The molecule has 4 rings (SSSR count). The van der Waals surface area contributed by atoms with Crippen molar-refractivity contribution < 1.29 is 29.0 Å². The number of aliphatic carboxylic acids is 1. The summed E-state index contributed by atoms with van der Waals surface area (Å²) in [5, 5.41) is 11.7. The maximum absolute atomic E-state index is 12.5. The minimum atomic E-state index is -1.04. The van der Waals surface area contributed by atoms with Gasteiger partial charge in [-0.25, -0.2) is 4.79 Å². The predicted molar refractivity (Wildman–Crippen MR) is 121 cm³/mol. The molecule has 1 unspecified atom stereocenters. The maximum Gasteiger partial charge on any atom is 0.407 e. The summed E-state index contributed by atoms with van der Waals surface area (Å²) in [5.41, 5.74) is 4.57. The molecule has 2 aromatic carbocycles. The quantitative estimate of drug-likeness (QED) is 0.574. The van der Waals surface area contributed by atoms with Gasteiger partial charge >= 0.3 is 12.1 Å². The summed E-state index contributed by atoms with van der Waals surface area (Å²) >= 11 is 0. The maximum atomic E-state index is 12.5. The average molecular weight is 453 g/mol. The molecular formula is C25H28N2O6. The number of benzene rings is 2. The zero-order chi connectivity index (χ0) is 23.4. The van der Waals surface area contributed by atoms with Crippen LogP contribution < -0.4 is 5.32 Å². The number of methoxy groups -OCH3 is 1. The molecule has 8 nitrogen and oxygen atoms in total. The summed E-state index contributed by atoms with van der Waals surface area (Å²) < 4.78 is 10.8. The van der Waals surface area contributed by atoms with Crippen molar-refractivity contribution >= 4 is 18.0 Å². The van der Waals surface area contributed by atoms with Gasteiger partial charge in [0, 0.05) is 25.6 Å². The first kappa shape index (κ1) is 22.8. The average Bonchev–Trinajstić information content (AvgIpc) is 3.61. The summed E-state index contributed by atoms with van der Waals surface area (Å²) in [7, 11) is 1.45. The highest BCUT2D eigenvalue weighted by Crippen LogP contribution is 2.44. The standard InChI is InChI=1S/C25H28N2O6/c1-32-17(12-23(28)27(14-24(29)30)16-10-11-16)13-26-25(31)33-15-22-20-8-4-2-6-18(20)19-7-3-5-9-21(19)22/h2-9,16-17,22H,10-15H2,1H3,(H,26,31)(H,29,30). The molecule has 2 aliphatic rings. The van der Waals surface area contributed by atoms with Crippen molar-refractivity contribution in [2.24, 2.45) is 0 Å². The first-order chi connectivity index (χ1) is 16.0. The smallest absolute Gasteiger partial charge is 0.407 e. The van der Waals surface area contributed by atoms with Crippen molar-refractivity contribution in [2.75, 3.05) is 26.8 Å². The van der Waals surface area contributed by atoms with Crippen LogP contribution in [0, 0.1) is 0 Å². The molecule has 33 heavy (non-hydrogen) atoms. The van der Waals surface area contributed by atoms with E-state index in [1.54, 1.807) is 0 Å². The van der Waals surface area contributed by atoms with E-state index in [2.05, 4.69) is 29.6 Å². The molecule has 2 amide bonds. The predicted octanol–water partition coefficient (Wildman–Crippen LogP) is 3.01. The van der Waals surface area contributed by atoms with Crippen LogP contribution in [0.4, 0.5) is 4.79 Å². The van der Waals surface area contributed by atoms with Crippen LogP contribution in [0.5, 0.6) is 0 Å². The Morgan fingerprint density at radius 1 is 1.06 bits per heavy atom. The van der Waals surface area contributed by atoms with Gasteiger partial charge in [-0.15, -0.1) is 0 Å². The Kier molecular flexibility index (Phi) is 6.93. The third-order valence-corrected chi connectivity index (χ3v) is 6.17. The number of carbonyl (C=O) groups excluding carboxylic acids is 2. The van der Waals surface area contributed by atoms with Gasteiger partial charge in [-0.05, 0) is 35.1 Å². The number of alkyl carbamates (subject to hydrolysis) is 1. The van der Waals surface area contributed by atoms with Crippen LogP contribution in [0.25, 0.3) is 11.1 Å². The zero-order valence-electron chi connectivity index (χ0n) is 18.5. The number of carboxylic acid groups (broad SMARTS) is 1. The van der Waals surface area contributed by atoms with Crippen LogP contribution in [0.2, 0.25) is 0 Å². The number of hydrogen-bond donors (Lipinski definition) is 2. The van der Waals surface area contributed by atoms with E-state index in [4.69, 9.17) is 14.6 Å². The molecule has 0 heterocycles. The van der Waals surface area contributed by atoms with Crippen molar-refractivity contribution in [1.29, 1.82) is 0 Å². The topological polar surface area (TPSA) is 105 Å². The summed E-state index contributed by atoms with van der Waals surface area (Å²) in [6.45, 7) is -0.0330. The number of hydrogen-bond acceptors (Lipinski definition) is 5. The monoisotopic (exact) mass is 452 g/mol. The lowest BCUT2D eigenvalue weighted by Crippen LogP contribution is -2.42. The Bertz CT molecular complexity index is 990. The zero-order valence-corrected chi connectivity index (χ0v) is 18.5. The summed E-state index contributed by atoms with van der Waals surface area (Å²) in [4.78, 5) is 37.3. The number of ether oxygens (including phenoxy) is 2. The second-order valence-electron chi connectivity index (χ2n) is 8.41. The van der Waals surface area contributed by atoms with Gasteiger partial charge in [0.15, 0.2) is 0 Å². The summed E-state index contributed by atoms with van der Waals surface area (Å²) in [5.74, 6) is -1.37. The Morgan fingerprint density at radius 3 is 2.21 bits per heavy atom. The minimum absolute atomic E-state index is 0.00998. The highest BCUT2D eigenvalue weighted by Gasteiger charge is 2.35. The highest BCUT2D eigenvalue weighted by atomic mass is 16.5. The van der Waals surface area contributed by atoms with Gasteiger partial charge in [0.1, 0.15) is 13.2 Å². The van der Waals surface area contributed by atoms with E-state index in [-0.39, 0.29) is 44.0 Å². The van der Waals surface area contributed by atoms with Crippen LogP contribution in [0.15, 0.2) is 48.5 Å². The molecule has 1 atom stereocenters. The van der Waals surface area contributed by atoms with Gasteiger partial charge < -0.3 is 24.8 Å². The Hall–Kier alpha value is -3.39. The number of nitrogens with one attached hydrogen (secondary N) is 1. The molecule has 2 N–H and O–H groups in total. The van der Waals surface area contributed by atoms with Crippen LogP contribution in [0.3, 0.4) is 0 Å². The van der Waals surface area contributed by atoms with Gasteiger partial charge in [-0.2, -0.15) is 0 Å². The van der Waals surface area contributed by atoms with Crippen molar-refractivity contribution in [1.82, 2.24) is 10.2 Å². The van der Waals surface area contributed by atoms with Gasteiger partial charge in [0.05, 0.1) is 12.5 Å². The lowest BCUT2D eigenvalue weighted by molar-refractivity contribution is -0.146. The van der Waals surface area contributed by atoms with Crippen LogP contribution in [-0.2, 0) is 19.1 Å². The van der Waals surface area contributed by atoms with E-state index in [1.807, 2.05) is 24.3 Å². The number of amides is 2. The van der Waals surface area contributed by atoms with E-state index in [0.29, 0.717) is 0 Å². The van der Waals surface area contributed by atoms with E-state index < -0.39 is 18.2 Å². The first-order valence-electron chi connectivity index (χ1n) is 11.1. The SMILES string of the molecule is COC(CNC(=O)OCC1c2ccccc2-c2ccccc21)CC(=O)N(CC(=O)O)C1CC1. The molecule has 1 fully saturated rings. The number of carbonyl (C=O) groups is 3. The van der Waals surface area contributed by atoms with E-state index >= 15 is 0 Å².